The molecular weight excluding hydrogens is 749 g/mol. The van der Waals surface area contributed by atoms with Gasteiger partial charge in [0.05, 0.1) is 16.6 Å². The monoisotopic (exact) mass is 794 g/mol. The number of rotatable bonds is 4. The molecule has 0 N–H and O–H groups in total. The molecule has 9 aromatic carbocycles. The van der Waals surface area contributed by atoms with Crippen molar-refractivity contribution in [3.8, 4) is 33.4 Å². The van der Waals surface area contributed by atoms with E-state index in [0.29, 0.717) is 0 Å². The van der Waals surface area contributed by atoms with Gasteiger partial charge in [-0.15, -0.1) is 0 Å². The summed E-state index contributed by atoms with van der Waals surface area (Å²) >= 11 is 0. The van der Waals surface area contributed by atoms with Gasteiger partial charge in [-0.1, -0.05) is 124 Å². The molecule has 2 aromatic heterocycles. The van der Waals surface area contributed by atoms with E-state index in [4.69, 9.17) is 0 Å². The fourth-order valence-corrected chi connectivity index (χ4v) is 11.5. The Hall–Kier alpha value is -7.16. The van der Waals surface area contributed by atoms with Gasteiger partial charge in [0.25, 0.3) is 0 Å². The number of hydrogen-bond donors (Lipinski definition) is 0. The lowest BCUT2D eigenvalue weighted by atomic mass is 9.80. The van der Waals surface area contributed by atoms with Crippen molar-refractivity contribution in [2.45, 2.75) is 52.4 Å². The summed E-state index contributed by atoms with van der Waals surface area (Å²) in [5, 5.41) is 7.89. The van der Waals surface area contributed by atoms with E-state index in [1.54, 1.807) is 0 Å². The minimum absolute atomic E-state index is 0.144. The molecule has 2 heterocycles. The maximum Gasteiger partial charge on any atom is 0.0620 e. The Balaban J connectivity index is 0.894. The minimum atomic E-state index is -0.164. The highest BCUT2D eigenvalue weighted by Crippen LogP contribution is 2.55. The number of hydrogen-bond acceptors (Lipinski definition) is 1. The van der Waals surface area contributed by atoms with Gasteiger partial charge in [0.1, 0.15) is 0 Å². The highest BCUT2D eigenvalue weighted by atomic mass is 15.1. The van der Waals surface area contributed by atoms with Crippen LogP contribution in [0.2, 0.25) is 0 Å². The summed E-state index contributed by atoms with van der Waals surface area (Å²) in [7, 11) is 0. The Morgan fingerprint density at radius 2 is 0.855 bits per heavy atom. The number of benzene rings is 9. The molecule has 13 rings (SSSR count). The molecule has 2 aliphatic carbocycles. The SMILES string of the molecule is Cc1ccc(N(c2ccc(C)cc2)c2ccc3c(c2)C(C)(C)c2cc4cc5c(cc4cc2-3)C(C)(C)c2cc(-c3ccc4c(c3)c3cccc6c7ccccc7n4c63)ccc2-5)cc1. The Morgan fingerprint density at radius 3 is 1.50 bits per heavy atom. The molecule has 0 radical (unpaired) electrons. The largest absolute Gasteiger partial charge is 0.310 e. The van der Waals surface area contributed by atoms with Crippen molar-refractivity contribution in [2.75, 3.05) is 4.90 Å². The molecule has 2 nitrogen and oxygen atoms in total. The highest BCUT2D eigenvalue weighted by Gasteiger charge is 2.39. The number of aromatic nitrogens is 1. The lowest BCUT2D eigenvalue weighted by Crippen LogP contribution is -2.17. The second-order valence-corrected chi connectivity index (χ2v) is 19.2. The molecule has 296 valence electrons. The summed E-state index contributed by atoms with van der Waals surface area (Å²) < 4.78 is 2.46. The van der Waals surface area contributed by atoms with Gasteiger partial charge in [-0.05, 0) is 165 Å². The molecular formula is C60H46N2. The lowest BCUT2D eigenvalue weighted by Gasteiger charge is -2.28. The molecule has 0 unspecified atom stereocenters. The van der Waals surface area contributed by atoms with Crippen LogP contribution in [0.25, 0.3) is 82.2 Å². The van der Waals surface area contributed by atoms with Gasteiger partial charge in [0.2, 0.25) is 0 Å². The van der Waals surface area contributed by atoms with E-state index in [0.717, 1.165) is 11.4 Å². The van der Waals surface area contributed by atoms with Crippen LogP contribution < -0.4 is 4.90 Å². The van der Waals surface area contributed by atoms with Crippen LogP contribution in [-0.2, 0) is 10.8 Å². The van der Waals surface area contributed by atoms with Gasteiger partial charge in [-0.25, -0.2) is 0 Å². The first-order valence-electron chi connectivity index (χ1n) is 22.1. The van der Waals surface area contributed by atoms with Gasteiger partial charge < -0.3 is 9.30 Å². The van der Waals surface area contributed by atoms with Gasteiger partial charge in [0.15, 0.2) is 0 Å². The molecule has 0 atom stereocenters. The quantitative estimate of drug-likeness (QED) is 0.172. The van der Waals surface area contributed by atoms with Crippen LogP contribution in [0.3, 0.4) is 0 Å². The van der Waals surface area contributed by atoms with Gasteiger partial charge in [-0.3, -0.25) is 0 Å². The number of nitrogens with zero attached hydrogens (tertiary/aromatic N) is 2. The van der Waals surface area contributed by atoms with Crippen LogP contribution in [0.4, 0.5) is 17.1 Å². The third-order valence-electron chi connectivity index (χ3n) is 14.8. The van der Waals surface area contributed by atoms with E-state index in [1.807, 2.05) is 0 Å². The summed E-state index contributed by atoms with van der Waals surface area (Å²) in [4.78, 5) is 2.40. The Labute approximate surface area is 362 Å². The average Bonchev–Trinajstić information content (AvgIpc) is 3.94. The molecule has 0 saturated heterocycles. The summed E-state index contributed by atoms with van der Waals surface area (Å²) in [6.07, 6.45) is 0. The smallest absolute Gasteiger partial charge is 0.0620 e. The predicted octanol–water partition coefficient (Wildman–Crippen LogP) is 16.4. The van der Waals surface area contributed by atoms with E-state index >= 15 is 0 Å². The summed E-state index contributed by atoms with van der Waals surface area (Å²) in [5.74, 6) is 0. The zero-order chi connectivity index (χ0) is 41.8. The second-order valence-electron chi connectivity index (χ2n) is 19.2. The van der Waals surface area contributed by atoms with Crippen molar-refractivity contribution in [1.29, 1.82) is 0 Å². The second kappa shape index (κ2) is 12.2. The van der Waals surface area contributed by atoms with Crippen LogP contribution in [0, 0.1) is 13.8 Å². The first-order valence-corrected chi connectivity index (χ1v) is 22.1. The molecule has 2 aliphatic rings. The molecule has 0 fully saturated rings. The van der Waals surface area contributed by atoms with Crippen LogP contribution >= 0.6 is 0 Å². The van der Waals surface area contributed by atoms with Crippen molar-refractivity contribution >= 4 is 65.9 Å². The van der Waals surface area contributed by atoms with Crippen molar-refractivity contribution < 1.29 is 0 Å². The van der Waals surface area contributed by atoms with Crippen molar-refractivity contribution in [2.24, 2.45) is 0 Å². The zero-order valence-corrected chi connectivity index (χ0v) is 36.1. The molecule has 2 heteroatoms. The van der Waals surface area contributed by atoms with Crippen LogP contribution in [0.1, 0.15) is 61.1 Å². The molecule has 0 aliphatic heterocycles. The number of fused-ring (bicyclic) bond motifs is 13. The van der Waals surface area contributed by atoms with E-state index in [2.05, 4.69) is 221 Å². The topological polar surface area (TPSA) is 7.65 Å². The van der Waals surface area contributed by atoms with Crippen molar-refractivity contribution in [3.63, 3.8) is 0 Å². The predicted molar refractivity (Wildman–Crippen MR) is 263 cm³/mol. The third kappa shape index (κ3) is 4.75. The summed E-state index contributed by atoms with van der Waals surface area (Å²) in [5.41, 5.74) is 23.1. The van der Waals surface area contributed by atoms with E-state index in [1.165, 1.54) is 121 Å². The van der Waals surface area contributed by atoms with Crippen LogP contribution in [-0.4, -0.2) is 4.40 Å². The van der Waals surface area contributed by atoms with E-state index in [9.17, 15) is 0 Å². The Kier molecular flexibility index (Phi) is 7.02. The van der Waals surface area contributed by atoms with Gasteiger partial charge >= 0.3 is 0 Å². The van der Waals surface area contributed by atoms with Gasteiger partial charge in [0, 0.05) is 49.4 Å². The van der Waals surface area contributed by atoms with Crippen LogP contribution in [0.5, 0.6) is 0 Å². The Bertz CT molecular complexity index is 3640. The summed E-state index contributed by atoms with van der Waals surface area (Å²) in [6, 6.07) is 64.7. The maximum absolute atomic E-state index is 2.50. The standard InChI is InChI=1S/C60H46N2/c1-35-14-20-41(21-15-35)61(42-22-16-36(2)17-23-42)43-24-26-45-50-30-40-32-53-49(29-39(40)33-54(50)60(5,6)55(45)34-43)44-25-18-38(31-52(44)59(53,3)4)37-19-27-57-51(28-37)48-12-9-11-47-46-10-7-8-13-56(46)62(57)58(47)48/h7-34H,1-6H3. The first-order chi connectivity index (χ1) is 30.0. The first kappa shape index (κ1) is 35.6. The molecule has 0 saturated carbocycles. The fourth-order valence-electron chi connectivity index (χ4n) is 11.5. The molecule has 62 heavy (non-hydrogen) atoms. The summed E-state index contributed by atoms with van der Waals surface area (Å²) in [6.45, 7) is 13.9. The molecule has 0 spiro atoms. The van der Waals surface area contributed by atoms with Gasteiger partial charge in [-0.2, -0.15) is 0 Å². The number of aryl methyl sites for hydroxylation is 2. The van der Waals surface area contributed by atoms with Crippen molar-refractivity contribution in [1.82, 2.24) is 4.40 Å². The van der Waals surface area contributed by atoms with Crippen molar-refractivity contribution in [3.05, 3.63) is 203 Å². The average molecular weight is 795 g/mol. The van der Waals surface area contributed by atoms with E-state index < -0.39 is 0 Å². The van der Waals surface area contributed by atoms with Crippen LogP contribution in [0.15, 0.2) is 170 Å². The number of anilines is 3. The third-order valence-corrected chi connectivity index (χ3v) is 14.8. The normalized spacial score (nSPS) is 14.5. The number of para-hydroxylation sites is 2. The lowest BCUT2D eigenvalue weighted by molar-refractivity contribution is 0.660. The van der Waals surface area contributed by atoms with E-state index in [-0.39, 0.29) is 10.8 Å². The molecule has 0 bridgehead atoms. The fraction of sp³-hybridized carbons (Fsp3) is 0.133. The molecule has 0 amide bonds. The Morgan fingerprint density at radius 1 is 0.371 bits per heavy atom. The zero-order valence-electron chi connectivity index (χ0n) is 36.1. The minimum Gasteiger partial charge on any atom is -0.310 e. The molecule has 11 aromatic rings. The highest BCUT2D eigenvalue weighted by molar-refractivity contribution is 6.23. The maximum atomic E-state index is 2.50.